The highest BCUT2D eigenvalue weighted by Gasteiger charge is 2.20. The van der Waals surface area contributed by atoms with Crippen LogP contribution in [0.3, 0.4) is 0 Å². The molecule has 0 bridgehead atoms. The van der Waals surface area contributed by atoms with Crippen molar-refractivity contribution < 1.29 is 4.79 Å². The largest absolute Gasteiger partial charge is 0.322 e. The number of hydrogen-bond donors (Lipinski definition) is 1. The topological polar surface area (TPSA) is 35.6 Å². The Hall–Kier alpha value is -1.07. The highest BCUT2D eigenvalue weighted by atomic mass is 79.9. The van der Waals surface area contributed by atoms with Gasteiger partial charge >= 0.3 is 6.03 Å². The fourth-order valence-electron chi connectivity index (χ4n) is 2.38. The van der Waals surface area contributed by atoms with E-state index in [9.17, 15) is 4.79 Å². The zero-order chi connectivity index (χ0) is 15.2. The molecule has 1 fully saturated rings. The maximum Gasteiger partial charge on any atom is 0.321 e. The lowest BCUT2D eigenvalue weighted by atomic mass is 10.1. The minimum absolute atomic E-state index is 0.00314. The summed E-state index contributed by atoms with van der Waals surface area (Å²) in [6.07, 6.45) is 1.23. The number of nitrogens with zero attached hydrogens (tertiary/aromatic N) is 2. The average Bonchev–Trinajstić information content (AvgIpc) is 2.45. The second-order valence-corrected chi connectivity index (χ2v) is 6.87. The summed E-state index contributed by atoms with van der Waals surface area (Å²) in [4.78, 5) is 16.6. The molecule has 1 N–H and O–H groups in total. The van der Waals surface area contributed by atoms with Gasteiger partial charge in [-0.1, -0.05) is 35.8 Å². The predicted molar refractivity (Wildman–Crippen MR) is 90.6 cm³/mol. The van der Waals surface area contributed by atoms with Gasteiger partial charge in [0.2, 0.25) is 0 Å². The van der Waals surface area contributed by atoms with Crippen LogP contribution in [0.5, 0.6) is 0 Å². The van der Waals surface area contributed by atoms with Gasteiger partial charge in [0.15, 0.2) is 0 Å². The van der Waals surface area contributed by atoms with Gasteiger partial charge < -0.3 is 10.2 Å². The number of carbonyl (C=O) groups excluding carboxylic acids is 1. The molecule has 21 heavy (non-hydrogen) atoms. The van der Waals surface area contributed by atoms with Crippen molar-refractivity contribution in [2.75, 3.05) is 38.0 Å². The molecule has 0 unspecified atom stereocenters. The molecule has 0 aliphatic carbocycles. The molecule has 0 saturated carbocycles. The Morgan fingerprint density at radius 1 is 1.29 bits per heavy atom. The lowest BCUT2D eigenvalue weighted by Gasteiger charge is -2.35. The van der Waals surface area contributed by atoms with Gasteiger partial charge in [-0.3, -0.25) is 4.90 Å². The SMILES string of the molecule is CC(C)CCN1CCN(C(=O)Nc2cccc(Br)c2)CC1. The number of hydrogen-bond acceptors (Lipinski definition) is 2. The third kappa shape index (κ3) is 5.32. The standard InChI is InChI=1S/C16H24BrN3O/c1-13(2)6-7-19-8-10-20(11-9-19)16(21)18-15-5-3-4-14(17)12-15/h3-5,12-13H,6-11H2,1-2H3,(H,18,21). The minimum Gasteiger partial charge on any atom is -0.322 e. The van der Waals surface area contributed by atoms with Crippen LogP contribution < -0.4 is 5.32 Å². The molecule has 0 spiro atoms. The van der Waals surface area contributed by atoms with Crippen molar-refractivity contribution in [3.63, 3.8) is 0 Å². The molecule has 0 aromatic heterocycles. The third-order valence-corrected chi connectivity index (χ3v) is 4.25. The Labute approximate surface area is 135 Å². The van der Waals surface area contributed by atoms with E-state index in [0.717, 1.165) is 48.8 Å². The average molecular weight is 354 g/mol. The van der Waals surface area contributed by atoms with E-state index in [2.05, 4.69) is 40.0 Å². The van der Waals surface area contributed by atoms with E-state index in [0.29, 0.717) is 0 Å². The van der Waals surface area contributed by atoms with Gasteiger partial charge in [-0.25, -0.2) is 4.79 Å². The molecule has 116 valence electrons. The van der Waals surface area contributed by atoms with Crippen LogP contribution in [-0.2, 0) is 0 Å². The number of nitrogens with one attached hydrogen (secondary N) is 1. The summed E-state index contributed by atoms with van der Waals surface area (Å²) in [6, 6.07) is 7.68. The van der Waals surface area contributed by atoms with Crippen LogP contribution in [0.15, 0.2) is 28.7 Å². The summed E-state index contributed by atoms with van der Waals surface area (Å²) < 4.78 is 0.971. The zero-order valence-electron chi connectivity index (χ0n) is 12.8. The molecule has 1 saturated heterocycles. The van der Waals surface area contributed by atoms with Crippen LogP contribution in [-0.4, -0.2) is 48.6 Å². The van der Waals surface area contributed by atoms with Crippen molar-refractivity contribution in [3.05, 3.63) is 28.7 Å². The van der Waals surface area contributed by atoms with E-state index in [4.69, 9.17) is 0 Å². The molecule has 0 radical (unpaired) electrons. The predicted octanol–water partition coefficient (Wildman–Crippen LogP) is 3.64. The van der Waals surface area contributed by atoms with Crippen LogP contribution in [0.4, 0.5) is 10.5 Å². The van der Waals surface area contributed by atoms with E-state index in [-0.39, 0.29) is 6.03 Å². The number of amides is 2. The van der Waals surface area contributed by atoms with Gasteiger partial charge in [0, 0.05) is 36.3 Å². The maximum atomic E-state index is 12.2. The second kappa shape index (κ2) is 7.80. The number of anilines is 1. The van der Waals surface area contributed by atoms with Crippen molar-refractivity contribution in [1.82, 2.24) is 9.80 Å². The molecule has 0 atom stereocenters. The van der Waals surface area contributed by atoms with E-state index in [1.165, 1.54) is 6.42 Å². The van der Waals surface area contributed by atoms with E-state index in [1.807, 2.05) is 29.2 Å². The van der Waals surface area contributed by atoms with E-state index >= 15 is 0 Å². The molecule has 5 heteroatoms. The van der Waals surface area contributed by atoms with Crippen molar-refractivity contribution in [1.29, 1.82) is 0 Å². The second-order valence-electron chi connectivity index (χ2n) is 5.95. The lowest BCUT2D eigenvalue weighted by Crippen LogP contribution is -2.50. The van der Waals surface area contributed by atoms with Crippen LogP contribution in [0, 0.1) is 5.92 Å². The number of carbonyl (C=O) groups is 1. The molecule has 1 aliphatic rings. The smallest absolute Gasteiger partial charge is 0.321 e. The first-order valence-electron chi connectivity index (χ1n) is 7.58. The highest BCUT2D eigenvalue weighted by molar-refractivity contribution is 9.10. The minimum atomic E-state index is -0.00314. The number of piperazine rings is 1. The molecule has 1 aliphatic heterocycles. The van der Waals surface area contributed by atoms with Gasteiger partial charge in [-0.2, -0.15) is 0 Å². The van der Waals surface area contributed by atoms with Gasteiger partial charge in [0.05, 0.1) is 0 Å². The molecule has 1 aromatic carbocycles. The number of urea groups is 1. The summed E-state index contributed by atoms with van der Waals surface area (Å²) >= 11 is 3.41. The Morgan fingerprint density at radius 2 is 2.00 bits per heavy atom. The van der Waals surface area contributed by atoms with Gasteiger partial charge in [0.1, 0.15) is 0 Å². The Morgan fingerprint density at radius 3 is 2.62 bits per heavy atom. The molecule has 2 rings (SSSR count). The summed E-state index contributed by atoms with van der Waals surface area (Å²) in [5.74, 6) is 0.739. The molecule has 4 nitrogen and oxygen atoms in total. The maximum absolute atomic E-state index is 12.2. The molecular weight excluding hydrogens is 330 g/mol. The van der Waals surface area contributed by atoms with Crippen molar-refractivity contribution in [3.8, 4) is 0 Å². The molecule has 1 aromatic rings. The molecular formula is C16H24BrN3O. The van der Waals surface area contributed by atoms with Crippen molar-refractivity contribution in [2.24, 2.45) is 5.92 Å². The summed E-state index contributed by atoms with van der Waals surface area (Å²) in [7, 11) is 0. The number of benzene rings is 1. The molecule has 2 amide bonds. The van der Waals surface area contributed by atoms with Gasteiger partial charge in [-0.15, -0.1) is 0 Å². The Bertz CT molecular complexity index is 470. The fourth-order valence-corrected chi connectivity index (χ4v) is 2.78. The van der Waals surface area contributed by atoms with E-state index in [1.54, 1.807) is 0 Å². The fraction of sp³-hybridized carbons (Fsp3) is 0.562. The summed E-state index contributed by atoms with van der Waals surface area (Å²) in [6.45, 7) is 9.19. The Kier molecular flexibility index (Phi) is 6.06. The molecule has 1 heterocycles. The van der Waals surface area contributed by atoms with Crippen LogP contribution >= 0.6 is 15.9 Å². The first-order chi connectivity index (χ1) is 10.0. The zero-order valence-corrected chi connectivity index (χ0v) is 14.4. The summed E-state index contributed by atoms with van der Waals surface area (Å²) in [5.41, 5.74) is 0.830. The Balaban J connectivity index is 1.78. The van der Waals surface area contributed by atoms with E-state index < -0.39 is 0 Å². The lowest BCUT2D eigenvalue weighted by molar-refractivity contribution is 0.143. The normalized spacial score (nSPS) is 16.3. The van der Waals surface area contributed by atoms with Crippen molar-refractivity contribution >= 4 is 27.6 Å². The van der Waals surface area contributed by atoms with Gasteiger partial charge in [-0.05, 0) is 37.1 Å². The van der Waals surface area contributed by atoms with Crippen molar-refractivity contribution in [2.45, 2.75) is 20.3 Å². The monoisotopic (exact) mass is 353 g/mol. The highest BCUT2D eigenvalue weighted by Crippen LogP contribution is 2.16. The number of rotatable bonds is 4. The summed E-state index contributed by atoms with van der Waals surface area (Å²) in [5, 5.41) is 2.96. The number of halogens is 1. The third-order valence-electron chi connectivity index (χ3n) is 3.76. The first-order valence-corrected chi connectivity index (χ1v) is 8.38. The first kappa shape index (κ1) is 16.3. The quantitative estimate of drug-likeness (QED) is 0.896. The van der Waals surface area contributed by atoms with Crippen LogP contribution in [0.25, 0.3) is 0 Å². The van der Waals surface area contributed by atoms with Crippen LogP contribution in [0.1, 0.15) is 20.3 Å². The van der Waals surface area contributed by atoms with Crippen LogP contribution in [0.2, 0.25) is 0 Å². The van der Waals surface area contributed by atoms with Gasteiger partial charge in [0.25, 0.3) is 0 Å².